The summed E-state index contributed by atoms with van der Waals surface area (Å²) in [5.74, 6) is -0.714. The quantitative estimate of drug-likeness (QED) is 0.700. The van der Waals surface area contributed by atoms with Crippen LogP contribution in [0.3, 0.4) is 0 Å². The van der Waals surface area contributed by atoms with Crippen molar-refractivity contribution in [3.8, 4) is 17.5 Å². The molecule has 0 saturated carbocycles. The molecule has 3 rings (SSSR count). The number of ether oxygens (including phenoxy) is 1. The van der Waals surface area contributed by atoms with Gasteiger partial charge in [0.2, 0.25) is 0 Å². The van der Waals surface area contributed by atoms with Crippen molar-refractivity contribution in [2.45, 2.75) is 13.8 Å². The van der Waals surface area contributed by atoms with E-state index in [1.807, 2.05) is 26.0 Å². The van der Waals surface area contributed by atoms with E-state index in [1.54, 1.807) is 42.5 Å². The molecule has 0 aliphatic rings. The largest absolute Gasteiger partial charge is 0.497 e. The molecule has 3 aromatic rings. The normalized spacial score (nSPS) is 10.7. The van der Waals surface area contributed by atoms with Crippen molar-refractivity contribution in [3.63, 3.8) is 0 Å². The summed E-state index contributed by atoms with van der Waals surface area (Å²) in [4.78, 5) is 24.8. The van der Waals surface area contributed by atoms with Crippen LogP contribution in [0.4, 0.5) is 0 Å². The number of aromatic nitrogens is 2. The summed E-state index contributed by atoms with van der Waals surface area (Å²) in [6.07, 6.45) is 3.02. The molecule has 0 fully saturated rings. The number of carboxylic acids is 1. The topological polar surface area (TPSA) is 105 Å². The van der Waals surface area contributed by atoms with E-state index in [9.17, 15) is 20.0 Å². The molecule has 1 N–H and O–H groups in total. The fraction of sp³-hybridized carbons (Fsp3) is 0.130. The third-order valence-electron chi connectivity index (χ3n) is 4.72. The van der Waals surface area contributed by atoms with E-state index in [0.717, 1.165) is 15.8 Å². The van der Waals surface area contributed by atoms with E-state index in [0.29, 0.717) is 17.0 Å². The maximum absolute atomic E-state index is 12.9. The molecular formula is C23H19N3O4. The Balaban J connectivity index is 2.21. The van der Waals surface area contributed by atoms with Crippen LogP contribution in [0.2, 0.25) is 0 Å². The first-order valence-electron chi connectivity index (χ1n) is 9.06. The third-order valence-corrected chi connectivity index (χ3v) is 4.72. The van der Waals surface area contributed by atoms with Gasteiger partial charge in [0.15, 0.2) is 5.69 Å². The number of nitrogens with zero attached hydrogens (tertiary/aromatic N) is 3. The van der Waals surface area contributed by atoms with Crippen molar-refractivity contribution in [1.82, 2.24) is 9.78 Å². The third kappa shape index (κ3) is 3.98. The summed E-state index contributed by atoms with van der Waals surface area (Å²) in [5.41, 5.74) is 1.64. The highest BCUT2D eigenvalue weighted by Crippen LogP contribution is 2.19. The molecule has 0 aliphatic carbocycles. The number of nitriles is 1. The molecule has 7 nitrogen and oxygen atoms in total. The highest BCUT2D eigenvalue weighted by Gasteiger charge is 2.21. The number of carboxylic acid groups (broad SMARTS) is 1. The average Bonchev–Trinajstić information content (AvgIpc) is 2.74. The van der Waals surface area contributed by atoms with Crippen molar-refractivity contribution in [3.05, 3.63) is 86.3 Å². The molecule has 0 amide bonds. The van der Waals surface area contributed by atoms with E-state index in [2.05, 4.69) is 5.10 Å². The molecule has 0 radical (unpaired) electrons. The smallest absolute Gasteiger partial charge is 0.357 e. The van der Waals surface area contributed by atoms with Crippen LogP contribution in [-0.2, 0) is 0 Å². The summed E-state index contributed by atoms with van der Waals surface area (Å²) in [6.45, 7) is 3.80. The van der Waals surface area contributed by atoms with Crippen molar-refractivity contribution < 1.29 is 14.6 Å². The molecule has 1 aromatic heterocycles. The predicted octanol–water partition coefficient (Wildman–Crippen LogP) is 3.60. The highest BCUT2D eigenvalue weighted by atomic mass is 16.5. The van der Waals surface area contributed by atoms with Crippen molar-refractivity contribution in [1.29, 1.82) is 5.26 Å². The van der Waals surface area contributed by atoms with Gasteiger partial charge in [0, 0.05) is 5.56 Å². The van der Waals surface area contributed by atoms with E-state index in [1.165, 1.54) is 13.2 Å². The van der Waals surface area contributed by atoms with E-state index >= 15 is 0 Å². The Kier molecular flexibility index (Phi) is 5.79. The highest BCUT2D eigenvalue weighted by molar-refractivity contribution is 5.92. The van der Waals surface area contributed by atoms with Gasteiger partial charge in [-0.05, 0) is 54.8 Å². The fourth-order valence-corrected chi connectivity index (χ4v) is 2.92. The summed E-state index contributed by atoms with van der Waals surface area (Å²) in [6, 6.07) is 14.1. The molecule has 0 unspecified atom stereocenters. The van der Waals surface area contributed by atoms with Crippen molar-refractivity contribution >= 4 is 18.1 Å². The van der Waals surface area contributed by atoms with Gasteiger partial charge < -0.3 is 9.84 Å². The van der Waals surface area contributed by atoms with Crippen molar-refractivity contribution in [2.75, 3.05) is 7.11 Å². The van der Waals surface area contributed by atoms with Gasteiger partial charge in [-0.25, -0.2) is 4.79 Å². The number of benzene rings is 2. The summed E-state index contributed by atoms with van der Waals surface area (Å²) >= 11 is 0. The van der Waals surface area contributed by atoms with Gasteiger partial charge in [-0.15, -0.1) is 0 Å². The molecule has 0 saturated heterocycles. The van der Waals surface area contributed by atoms with Gasteiger partial charge in [-0.1, -0.05) is 30.4 Å². The average molecular weight is 401 g/mol. The second kappa shape index (κ2) is 8.45. The molecule has 30 heavy (non-hydrogen) atoms. The van der Waals surface area contributed by atoms with E-state index < -0.39 is 11.5 Å². The Morgan fingerprint density at radius 1 is 1.17 bits per heavy atom. The van der Waals surface area contributed by atoms with Crippen LogP contribution in [-0.4, -0.2) is 28.0 Å². The van der Waals surface area contributed by atoms with Crippen LogP contribution in [0.25, 0.3) is 17.8 Å². The van der Waals surface area contributed by atoms with Gasteiger partial charge in [0.05, 0.1) is 12.8 Å². The SMILES string of the molecule is COc1cccc(/C=C\c2c(C(=O)O)nn(-c3ccc(C)c(C)c3)c(=O)c2C#N)c1. The molecule has 150 valence electrons. The standard InChI is InChI=1S/C23H19N3O4/c1-14-7-9-17(11-15(14)2)26-22(27)20(13-24)19(21(25-26)23(28)29)10-8-16-5-4-6-18(12-16)30-3/h4-12H,1-3H3,(H,28,29)/b10-8-. The minimum atomic E-state index is -1.34. The van der Waals surface area contributed by atoms with Crippen LogP contribution in [0.5, 0.6) is 5.75 Å². The van der Waals surface area contributed by atoms with Gasteiger partial charge in [-0.2, -0.15) is 15.0 Å². The Morgan fingerprint density at radius 3 is 2.57 bits per heavy atom. The minimum absolute atomic E-state index is 0.0436. The lowest BCUT2D eigenvalue weighted by molar-refractivity contribution is 0.0688. The molecule has 0 atom stereocenters. The number of rotatable bonds is 5. The minimum Gasteiger partial charge on any atom is -0.497 e. The summed E-state index contributed by atoms with van der Waals surface area (Å²) < 4.78 is 6.13. The molecule has 0 spiro atoms. The molecule has 2 aromatic carbocycles. The van der Waals surface area contributed by atoms with Gasteiger partial charge >= 0.3 is 5.97 Å². The van der Waals surface area contributed by atoms with Crippen LogP contribution in [0.1, 0.15) is 38.3 Å². The van der Waals surface area contributed by atoms with Crippen LogP contribution in [0, 0.1) is 25.2 Å². The lowest BCUT2D eigenvalue weighted by Crippen LogP contribution is -2.28. The molecule has 0 bridgehead atoms. The number of hydrogen-bond acceptors (Lipinski definition) is 5. The van der Waals surface area contributed by atoms with Crippen LogP contribution < -0.4 is 10.3 Å². The Hall–Kier alpha value is -4.18. The predicted molar refractivity (Wildman–Crippen MR) is 113 cm³/mol. The number of aromatic carboxylic acids is 1. The maximum Gasteiger partial charge on any atom is 0.357 e. The number of carbonyl (C=O) groups is 1. The molecule has 0 aliphatic heterocycles. The van der Waals surface area contributed by atoms with Gasteiger partial charge in [0.1, 0.15) is 17.4 Å². The number of aryl methyl sites for hydroxylation is 2. The Morgan fingerprint density at radius 2 is 1.93 bits per heavy atom. The van der Waals surface area contributed by atoms with E-state index in [-0.39, 0.29) is 16.8 Å². The Bertz CT molecular complexity index is 1270. The summed E-state index contributed by atoms with van der Waals surface area (Å²) in [5, 5.41) is 23.3. The van der Waals surface area contributed by atoms with Crippen LogP contribution in [0.15, 0.2) is 47.3 Å². The zero-order valence-electron chi connectivity index (χ0n) is 16.7. The van der Waals surface area contributed by atoms with Crippen LogP contribution >= 0.6 is 0 Å². The molecule has 1 heterocycles. The van der Waals surface area contributed by atoms with Gasteiger partial charge in [0.25, 0.3) is 5.56 Å². The second-order valence-corrected chi connectivity index (χ2v) is 6.65. The molecule has 7 heteroatoms. The molecular weight excluding hydrogens is 382 g/mol. The Labute approximate surface area is 173 Å². The first kappa shape index (κ1) is 20.6. The lowest BCUT2D eigenvalue weighted by Gasteiger charge is -2.11. The first-order chi connectivity index (χ1) is 14.3. The lowest BCUT2D eigenvalue weighted by atomic mass is 10.1. The first-order valence-corrected chi connectivity index (χ1v) is 9.06. The summed E-state index contributed by atoms with van der Waals surface area (Å²) in [7, 11) is 1.54. The second-order valence-electron chi connectivity index (χ2n) is 6.65. The fourth-order valence-electron chi connectivity index (χ4n) is 2.92. The number of methoxy groups -OCH3 is 1. The maximum atomic E-state index is 12.9. The zero-order chi connectivity index (χ0) is 21.8. The monoisotopic (exact) mass is 401 g/mol. The number of hydrogen-bond donors (Lipinski definition) is 1. The van der Waals surface area contributed by atoms with Crippen molar-refractivity contribution in [2.24, 2.45) is 0 Å². The van der Waals surface area contributed by atoms with Gasteiger partial charge in [-0.3, -0.25) is 4.79 Å². The zero-order valence-corrected chi connectivity index (χ0v) is 16.7. The van der Waals surface area contributed by atoms with E-state index in [4.69, 9.17) is 4.74 Å².